The number of benzene rings is 2. The Hall–Kier alpha value is -2.62. The molecule has 28 heavy (non-hydrogen) atoms. The summed E-state index contributed by atoms with van der Waals surface area (Å²) in [6.45, 7) is 4.23. The Morgan fingerprint density at radius 1 is 1.11 bits per heavy atom. The van der Waals surface area contributed by atoms with Crippen molar-refractivity contribution in [1.29, 1.82) is 0 Å². The van der Waals surface area contributed by atoms with Gasteiger partial charge < -0.3 is 10.1 Å². The average Bonchev–Trinajstić information content (AvgIpc) is 3.03. The van der Waals surface area contributed by atoms with Crippen LogP contribution in [0.2, 0.25) is 0 Å². The molecule has 1 aliphatic carbocycles. The summed E-state index contributed by atoms with van der Waals surface area (Å²) in [6.07, 6.45) is 2.82. The average molecular weight is 380 g/mol. The number of rotatable bonds is 7. The highest BCUT2D eigenvalue weighted by Crippen LogP contribution is 2.40. The summed E-state index contributed by atoms with van der Waals surface area (Å²) in [5, 5.41) is 2.64. The van der Waals surface area contributed by atoms with Crippen molar-refractivity contribution in [2.24, 2.45) is 11.8 Å². The number of nitrogens with one attached hydrogen (secondary N) is 1. The van der Waals surface area contributed by atoms with Crippen LogP contribution in [0.1, 0.15) is 59.8 Å². The van der Waals surface area contributed by atoms with Crippen LogP contribution >= 0.6 is 0 Å². The van der Waals surface area contributed by atoms with E-state index in [1.54, 1.807) is 7.05 Å². The lowest BCUT2D eigenvalue weighted by Gasteiger charge is -2.21. The predicted molar refractivity (Wildman–Crippen MR) is 110 cm³/mol. The van der Waals surface area contributed by atoms with Crippen LogP contribution in [0.3, 0.4) is 0 Å². The molecule has 0 aliphatic heterocycles. The van der Waals surface area contributed by atoms with E-state index in [-0.39, 0.29) is 23.9 Å². The number of esters is 1. The minimum atomic E-state index is -0.200. The maximum absolute atomic E-state index is 12.4. The third kappa shape index (κ3) is 4.80. The van der Waals surface area contributed by atoms with Crippen molar-refractivity contribution in [2.45, 2.75) is 45.6 Å². The van der Waals surface area contributed by atoms with Gasteiger partial charge in [0.1, 0.15) is 6.10 Å². The smallest absolute Gasteiger partial charge is 0.306 e. The molecular formula is C24H29NO3. The van der Waals surface area contributed by atoms with Gasteiger partial charge in [-0.3, -0.25) is 9.59 Å². The molecule has 4 heteroatoms. The Morgan fingerprint density at radius 2 is 1.82 bits per heavy atom. The number of ether oxygens (including phenoxy) is 1. The van der Waals surface area contributed by atoms with E-state index in [1.165, 1.54) is 5.56 Å². The van der Waals surface area contributed by atoms with E-state index >= 15 is 0 Å². The molecule has 0 fully saturated rings. The van der Waals surface area contributed by atoms with Crippen molar-refractivity contribution in [3.05, 3.63) is 70.8 Å². The van der Waals surface area contributed by atoms with Gasteiger partial charge >= 0.3 is 5.97 Å². The fourth-order valence-electron chi connectivity index (χ4n) is 3.83. The summed E-state index contributed by atoms with van der Waals surface area (Å²) in [4.78, 5) is 24.1. The molecule has 0 heterocycles. The Kier molecular flexibility index (Phi) is 6.50. The van der Waals surface area contributed by atoms with Gasteiger partial charge in [-0.2, -0.15) is 0 Å². The summed E-state index contributed by atoms with van der Waals surface area (Å²) < 4.78 is 5.95. The second kappa shape index (κ2) is 9.05. The first kappa shape index (κ1) is 20.1. The first-order chi connectivity index (χ1) is 13.5. The Labute approximate surface area is 167 Å². The van der Waals surface area contributed by atoms with E-state index in [2.05, 4.69) is 31.3 Å². The summed E-state index contributed by atoms with van der Waals surface area (Å²) in [6, 6.07) is 15.9. The van der Waals surface area contributed by atoms with Crippen molar-refractivity contribution in [1.82, 2.24) is 5.32 Å². The molecular weight excluding hydrogens is 350 g/mol. The standard InChI is InChI=1S/C24H29NO3/c1-16(2)8-13-22(26)28-23-20(15-19-6-4-5-7-21(19)23)14-17-9-11-18(12-10-17)24(27)25-3/h4-7,9-12,16,20,23H,8,13-15H2,1-3H3,(H,25,27). The zero-order chi connectivity index (χ0) is 20.1. The van der Waals surface area contributed by atoms with Gasteiger partial charge in [0.2, 0.25) is 0 Å². The van der Waals surface area contributed by atoms with Gasteiger partial charge in [0, 0.05) is 24.9 Å². The van der Waals surface area contributed by atoms with Crippen LogP contribution in [0.4, 0.5) is 0 Å². The minimum Gasteiger partial charge on any atom is -0.457 e. The monoisotopic (exact) mass is 379 g/mol. The Balaban J connectivity index is 1.73. The number of carbonyl (C=O) groups excluding carboxylic acids is 2. The van der Waals surface area contributed by atoms with Crippen molar-refractivity contribution in [3.63, 3.8) is 0 Å². The van der Waals surface area contributed by atoms with Crippen LogP contribution in [-0.2, 0) is 22.4 Å². The molecule has 4 nitrogen and oxygen atoms in total. The highest BCUT2D eigenvalue weighted by atomic mass is 16.5. The third-order valence-electron chi connectivity index (χ3n) is 5.40. The predicted octanol–water partition coefficient (Wildman–Crippen LogP) is 4.48. The van der Waals surface area contributed by atoms with Crippen LogP contribution in [-0.4, -0.2) is 18.9 Å². The van der Waals surface area contributed by atoms with E-state index in [1.807, 2.05) is 36.4 Å². The van der Waals surface area contributed by atoms with Gasteiger partial charge in [-0.05, 0) is 54.0 Å². The van der Waals surface area contributed by atoms with E-state index < -0.39 is 0 Å². The second-order valence-corrected chi connectivity index (χ2v) is 7.99. The first-order valence-electron chi connectivity index (χ1n) is 10.1. The Bertz CT molecular complexity index is 826. The molecule has 1 N–H and O–H groups in total. The first-order valence-corrected chi connectivity index (χ1v) is 10.1. The molecule has 1 amide bonds. The maximum atomic E-state index is 12.4. The molecule has 1 aliphatic rings. The lowest BCUT2D eigenvalue weighted by molar-refractivity contribution is -0.152. The lowest BCUT2D eigenvalue weighted by atomic mass is 9.94. The number of hydrogen-bond donors (Lipinski definition) is 1. The van der Waals surface area contributed by atoms with Crippen LogP contribution in [0, 0.1) is 11.8 Å². The van der Waals surface area contributed by atoms with Crippen LogP contribution in [0.5, 0.6) is 0 Å². The van der Waals surface area contributed by atoms with E-state index in [0.29, 0.717) is 17.9 Å². The highest BCUT2D eigenvalue weighted by molar-refractivity contribution is 5.93. The van der Waals surface area contributed by atoms with Crippen molar-refractivity contribution in [3.8, 4) is 0 Å². The fraction of sp³-hybridized carbons (Fsp3) is 0.417. The summed E-state index contributed by atoms with van der Waals surface area (Å²) in [5.74, 6) is 0.497. The quantitative estimate of drug-likeness (QED) is 0.722. The molecule has 2 unspecified atom stereocenters. The van der Waals surface area contributed by atoms with E-state index in [0.717, 1.165) is 30.4 Å². The molecule has 0 radical (unpaired) electrons. The normalized spacial score (nSPS) is 18.0. The summed E-state index contributed by atoms with van der Waals surface area (Å²) in [5.41, 5.74) is 4.19. The van der Waals surface area contributed by atoms with Gasteiger partial charge in [-0.25, -0.2) is 0 Å². The molecule has 148 valence electrons. The van der Waals surface area contributed by atoms with Crippen LogP contribution in [0.25, 0.3) is 0 Å². The van der Waals surface area contributed by atoms with Gasteiger partial charge in [0.15, 0.2) is 0 Å². The zero-order valence-electron chi connectivity index (χ0n) is 16.9. The number of fused-ring (bicyclic) bond motifs is 1. The van der Waals surface area contributed by atoms with E-state index in [4.69, 9.17) is 4.74 Å². The minimum absolute atomic E-state index is 0.0863. The largest absolute Gasteiger partial charge is 0.457 e. The topological polar surface area (TPSA) is 55.4 Å². The fourth-order valence-corrected chi connectivity index (χ4v) is 3.83. The molecule has 0 saturated heterocycles. The van der Waals surface area contributed by atoms with Gasteiger partial charge in [0.05, 0.1) is 0 Å². The number of carbonyl (C=O) groups is 2. The molecule has 2 atom stereocenters. The second-order valence-electron chi connectivity index (χ2n) is 7.99. The van der Waals surface area contributed by atoms with Crippen molar-refractivity contribution >= 4 is 11.9 Å². The van der Waals surface area contributed by atoms with Crippen LogP contribution < -0.4 is 5.32 Å². The molecule has 0 saturated carbocycles. The van der Waals surface area contributed by atoms with Gasteiger partial charge in [-0.1, -0.05) is 50.2 Å². The summed E-state index contributed by atoms with van der Waals surface area (Å²) >= 11 is 0. The zero-order valence-corrected chi connectivity index (χ0v) is 16.9. The molecule has 3 rings (SSSR count). The molecule has 2 aromatic rings. The molecule has 0 aromatic heterocycles. The Morgan fingerprint density at radius 3 is 2.50 bits per heavy atom. The van der Waals surface area contributed by atoms with Gasteiger partial charge in [-0.15, -0.1) is 0 Å². The van der Waals surface area contributed by atoms with E-state index in [9.17, 15) is 9.59 Å². The number of hydrogen-bond acceptors (Lipinski definition) is 3. The molecule has 0 bridgehead atoms. The lowest BCUT2D eigenvalue weighted by Crippen LogP contribution is -2.19. The van der Waals surface area contributed by atoms with Crippen molar-refractivity contribution in [2.75, 3.05) is 7.05 Å². The summed E-state index contributed by atoms with van der Waals surface area (Å²) in [7, 11) is 1.63. The molecule has 0 spiro atoms. The SMILES string of the molecule is CNC(=O)c1ccc(CC2Cc3ccccc3C2OC(=O)CCC(C)C)cc1. The highest BCUT2D eigenvalue weighted by Gasteiger charge is 2.35. The van der Waals surface area contributed by atoms with Crippen LogP contribution in [0.15, 0.2) is 48.5 Å². The van der Waals surface area contributed by atoms with Crippen molar-refractivity contribution < 1.29 is 14.3 Å². The van der Waals surface area contributed by atoms with Gasteiger partial charge in [0.25, 0.3) is 5.91 Å². The molecule has 2 aromatic carbocycles. The number of amides is 1. The third-order valence-corrected chi connectivity index (χ3v) is 5.40. The maximum Gasteiger partial charge on any atom is 0.306 e.